The number of hydrogen-bond donors (Lipinski definition) is 2. The molecule has 0 aliphatic carbocycles. The molecular weight excluding hydrogens is 322 g/mol. The van der Waals surface area contributed by atoms with Crippen LogP contribution in [0.25, 0.3) is 0 Å². The van der Waals surface area contributed by atoms with E-state index in [2.05, 4.69) is 15.5 Å². The fourth-order valence-electron chi connectivity index (χ4n) is 2.58. The Bertz CT molecular complexity index is 620. The highest BCUT2D eigenvalue weighted by atomic mass is 16.6. The molecule has 0 saturated carbocycles. The van der Waals surface area contributed by atoms with Gasteiger partial charge in [0.15, 0.2) is 0 Å². The van der Waals surface area contributed by atoms with E-state index in [4.69, 9.17) is 9.47 Å². The fourth-order valence-corrected chi connectivity index (χ4v) is 2.58. The van der Waals surface area contributed by atoms with Gasteiger partial charge in [-0.15, -0.1) is 10.2 Å². The van der Waals surface area contributed by atoms with Crippen molar-refractivity contribution in [3.8, 4) is 0 Å². The Hall–Kier alpha value is -2.53. The smallest absolute Gasteiger partial charge is 0.326 e. The molecule has 11 nitrogen and oxygen atoms in total. The van der Waals surface area contributed by atoms with Crippen molar-refractivity contribution in [3.63, 3.8) is 0 Å². The minimum Gasteiger partial charge on any atom is -0.461 e. The summed E-state index contributed by atoms with van der Waals surface area (Å²) < 4.78 is 12.1. The topological polar surface area (TPSA) is 136 Å². The first-order chi connectivity index (χ1) is 11.5. The number of urea groups is 1. The molecule has 0 radical (unpaired) electrons. The van der Waals surface area contributed by atoms with Gasteiger partial charge in [0.25, 0.3) is 0 Å². The predicted molar refractivity (Wildman–Crippen MR) is 75.1 cm³/mol. The molecule has 2 fully saturated rings. The average molecular weight is 339 g/mol. The molecule has 3 atom stereocenters. The van der Waals surface area contributed by atoms with Crippen LogP contribution in [0.1, 0.15) is 12.8 Å². The van der Waals surface area contributed by atoms with Gasteiger partial charge in [-0.2, -0.15) is 0 Å². The zero-order valence-corrected chi connectivity index (χ0v) is 12.7. The number of aliphatic hydroxyl groups is 1. The van der Waals surface area contributed by atoms with Crippen LogP contribution in [0.3, 0.4) is 0 Å². The number of hydrogen-bond acceptors (Lipinski definition) is 8. The van der Waals surface area contributed by atoms with E-state index < -0.39 is 30.4 Å². The Kier molecular flexibility index (Phi) is 4.71. The van der Waals surface area contributed by atoms with Gasteiger partial charge in [0.05, 0.1) is 6.10 Å². The number of aliphatic hydroxyl groups excluding tert-OH is 1. The van der Waals surface area contributed by atoms with Gasteiger partial charge >= 0.3 is 12.0 Å². The van der Waals surface area contributed by atoms with Crippen molar-refractivity contribution in [2.24, 2.45) is 0 Å². The van der Waals surface area contributed by atoms with Crippen molar-refractivity contribution in [2.45, 2.75) is 37.8 Å². The molecule has 2 aliphatic heterocycles. The number of esters is 1. The number of ether oxygens (including phenoxy) is 2. The van der Waals surface area contributed by atoms with E-state index in [1.807, 2.05) is 0 Å². The van der Waals surface area contributed by atoms with Crippen LogP contribution in [-0.2, 0) is 25.6 Å². The maximum absolute atomic E-state index is 11.8. The molecule has 2 N–H and O–H groups in total. The number of nitrogens with one attached hydrogen (secondary N) is 1. The molecule has 2 aliphatic rings. The molecule has 11 heteroatoms. The summed E-state index contributed by atoms with van der Waals surface area (Å²) in [6.45, 7) is 0.0467. The summed E-state index contributed by atoms with van der Waals surface area (Å²) in [5, 5.41) is 19.4. The molecule has 1 aromatic rings. The van der Waals surface area contributed by atoms with Gasteiger partial charge < -0.3 is 19.1 Å². The molecule has 3 heterocycles. The molecule has 2 saturated heterocycles. The second kappa shape index (κ2) is 6.93. The van der Waals surface area contributed by atoms with E-state index in [1.54, 1.807) is 0 Å². The van der Waals surface area contributed by atoms with Crippen LogP contribution in [0, 0.1) is 0 Å². The van der Waals surface area contributed by atoms with E-state index in [1.165, 1.54) is 22.1 Å². The van der Waals surface area contributed by atoms with E-state index >= 15 is 0 Å². The molecule has 3 rings (SSSR count). The predicted octanol–water partition coefficient (Wildman–Crippen LogP) is -1.76. The Morgan fingerprint density at radius 3 is 2.88 bits per heavy atom. The number of carbonyl (C=O) groups excluding carboxylic acids is 3. The lowest BCUT2D eigenvalue weighted by Gasteiger charge is -2.31. The number of nitrogens with zero attached hydrogens (tertiary/aromatic N) is 4. The second-order valence-corrected chi connectivity index (χ2v) is 5.55. The van der Waals surface area contributed by atoms with Crippen LogP contribution in [0.5, 0.6) is 0 Å². The summed E-state index contributed by atoms with van der Waals surface area (Å²) >= 11 is 0. The molecular formula is C13H17N5O6. The highest BCUT2D eigenvalue weighted by molar-refractivity contribution is 5.96. The van der Waals surface area contributed by atoms with Crippen LogP contribution in [0.4, 0.5) is 4.79 Å². The number of aromatic nitrogens is 3. The first-order valence-corrected chi connectivity index (χ1v) is 7.45. The first kappa shape index (κ1) is 16.3. The summed E-state index contributed by atoms with van der Waals surface area (Å²) in [4.78, 5) is 36.0. The van der Waals surface area contributed by atoms with Crippen molar-refractivity contribution >= 4 is 17.9 Å². The van der Waals surface area contributed by atoms with Gasteiger partial charge in [-0.3, -0.25) is 19.8 Å². The Morgan fingerprint density at radius 1 is 1.42 bits per heavy atom. The van der Waals surface area contributed by atoms with Gasteiger partial charge in [-0.1, -0.05) is 0 Å². The van der Waals surface area contributed by atoms with E-state index in [9.17, 15) is 19.5 Å². The zero-order chi connectivity index (χ0) is 17.1. The van der Waals surface area contributed by atoms with Crippen molar-refractivity contribution < 1.29 is 29.0 Å². The third-order valence-corrected chi connectivity index (χ3v) is 3.83. The van der Waals surface area contributed by atoms with Crippen molar-refractivity contribution in [1.29, 1.82) is 0 Å². The van der Waals surface area contributed by atoms with Crippen molar-refractivity contribution in [3.05, 3.63) is 12.7 Å². The SMILES string of the molecule is O=C1CCN([C@H]2C[C@H](O)[C@@H](COC(=O)Cn3cnnc3)O2)C(=O)N1. The van der Waals surface area contributed by atoms with Gasteiger partial charge in [0, 0.05) is 19.4 Å². The minimum atomic E-state index is -0.872. The molecule has 0 aromatic carbocycles. The van der Waals surface area contributed by atoms with Crippen LogP contribution in [0.15, 0.2) is 12.7 Å². The normalized spacial score (nSPS) is 27.2. The maximum Gasteiger partial charge on any atom is 0.326 e. The minimum absolute atomic E-state index is 0.0457. The van der Waals surface area contributed by atoms with Crippen LogP contribution in [-0.4, -0.2) is 74.3 Å². The van der Waals surface area contributed by atoms with Gasteiger partial charge in [0.2, 0.25) is 5.91 Å². The molecule has 0 unspecified atom stereocenters. The highest BCUT2D eigenvalue weighted by Crippen LogP contribution is 2.25. The Morgan fingerprint density at radius 2 is 2.17 bits per heavy atom. The lowest BCUT2D eigenvalue weighted by atomic mass is 10.2. The summed E-state index contributed by atoms with van der Waals surface area (Å²) in [5.74, 6) is -0.857. The fraction of sp³-hybridized carbons (Fsp3) is 0.615. The molecule has 1 aromatic heterocycles. The van der Waals surface area contributed by atoms with E-state index in [0.717, 1.165) is 0 Å². The zero-order valence-electron chi connectivity index (χ0n) is 12.7. The monoisotopic (exact) mass is 339 g/mol. The molecule has 3 amide bonds. The number of imide groups is 1. The van der Waals surface area contributed by atoms with Gasteiger partial charge in [0.1, 0.15) is 38.1 Å². The largest absolute Gasteiger partial charge is 0.461 e. The summed E-state index contributed by atoms with van der Waals surface area (Å²) in [5.41, 5.74) is 0. The third-order valence-electron chi connectivity index (χ3n) is 3.83. The van der Waals surface area contributed by atoms with Gasteiger partial charge in [-0.25, -0.2) is 4.79 Å². The summed E-state index contributed by atoms with van der Waals surface area (Å²) in [6.07, 6.45) is 0.876. The third kappa shape index (κ3) is 3.68. The summed E-state index contributed by atoms with van der Waals surface area (Å²) in [7, 11) is 0. The van der Waals surface area contributed by atoms with Crippen molar-refractivity contribution in [1.82, 2.24) is 25.0 Å². The lowest BCUT2D eigenvalue weighted by molar-refractivity contribution is -0.152. The molecule has 0 bridgehead atoms. The van der Waals surface area contributed by atoms with Gasteiger partial charge in [-0.05, 0) is 0 Å². The molecule has 0 spiro atoms. The number of carbonyl (C=O) groups is 3. The quantitative estimate of drug-likeness (QED) is 0.602. The second-order valence-electron chi connectivity index (χ2n) is 5.55. The van der Waals surface area contributed by atoms with Crippen LogP contribution < -0.4 is 5.32 Å². The first-order valence-electron chi connectivity index (χ1n) is 7.45. The van der Waals surface area contributed by atoms with Crippen LogP contribution in [0.2, 0.25) is 0 Å². The highest BCUT2D eigenvalue weighted by Gasteiger charge is 2.41. The van der Waals surface area contributed by atoms with E-state index in [0.29, 0.717) is 0 Å². The Balaban J connectivity index is 1.48. The summed E-state index contributed by atoms with van der Waals surface area (Å²) in [6, 6.07) is -0.547. The Labute approximate surface area is 136 Å². The average Bonchev–Trinajstić information content (AvgIpc) is 3.15. The molecule has 24 heavy (non-hydrogen) atoms. The number of amides is 3. The number of rotatable bonds is 5. The van der Waals surface area contributed by atoms with Crippen molar-refractivity contribution in [2.75, 3.05) is 13.2 Å². The van der Waals surface area contributed by atoms with Crippen LogP contribution >= 0.6 is 0 Å². The van der Waals surface area contributed by atoms with E-state index in [-0.39, 0.29) is 38.4 Å². The lowest BCUT2D eigenvalue weighted by Crippen LogP contribution is -2.53. The molecule has 130 valence electrons. The standard InChI is InChI=1S/C13H17N5O6/c19-8-3-11(18-2-1-10(20)16-13(18)22)24-9(8)5-23-12(21)4-17-6-14-15-7-17/h6-9,11,19H,1-5H2,(H,16,20,22)/t8-,9+,11+/m0/s1. The maximum atomic E-state index is 11.8.